The second-order valence-electron chi connectivity index (χ2n) is 6.71. The highest BCUT2D eigenvalue weighted by Gasteiger charge is 2.17. The molecular weight excluding hydrogens is 437 g/mol. The molecule has 0 fully saturated rings. The zero-order valence-electron chi connectivity index (χ0n) is 15.4. The van der Waals surface area contributed by atoms with Gasteiger partial charge < -0.3 is 16.2 Å². The molecule has 0 amide bonds. The van der Waals surface area contributed by atoms with E-state index in [0.717, 1.165) is 16.7 Å². The van der Waals surface area contributed by atoms with Crippen molar-refractivity contribution in [2.24, 2.45) is 5.92 Å². The maximum atomic E-state index is 9.72. The normalized spacial score (nSPS) is 12.6. The fourth-order valence-electron chi connectivity index (χ4n) is 2.73. The number of thioether (sulfide) groups is 1. The van der Waals surface area contributed by atoms with Gasteiger partial charge in [-0.1, -0.05) is 72.3 Å². The van der Waals surface area contributed by atoms with Gasteiger partial charge in [-0.2, -0.15) is 0 Å². The molecule has 2 heterocycles. The number of rotatable bonds is 8. The molecule has 1 atom stereocenters. The van der Waals surface area contributed by atoms with Crippen molar-refractivity contribution in [1.29, 1.82) is 0 Å². The number of anilines is 2. The molecule has 6 nitrogen and oxygen atoms in total. The minimum absolute atomic E-state index is 0.0125. The second kappa shape index (κ2) is 9.45. The van der Waals surface area contributed by atoms with E-state index in [1.54, 1.807) is 6.07 Å². The molecule has 0 saturated heterocycles. The number of nitrogens with zero attached hydrogens (tertiary/aromatic N) is 3. The minimum atomic E-state index is -0.110. The molecule has 3 rings (SSSR count). The summed E-state index contributed by atoms with van der Waals surface area (Å²) in [4.78, 5) is 13.5. The zero-order chi connectivity index (χ0) is 20.3. The SMILES string of the molecule is CC(C)C[C@H](CO)Nc1nc(SCc2cccc(Cl)c2Cl)nc2nc(N)sc12. The molecule has 0 aliphatic rings. The number of hydrogen-bond donors (Lipinski definition) is 3. The minimum Gasteiger partial charge on any atom is -0.394 e. The number of hydrogen-bond acceptors (Lipinski definition) is 8. The Balaban J connectivity index is 1.87. The Bertz CT molecular complexity index is 967. The average Bonchev–Trinajstić information content (AvgIpc) is 3.02. The molecule has 0 unspecified atom stereocenters. The quantitative estimate of drug-likeness (QED) is 0.320. The molecule has 3 aromatic rings. The van der Waals surface area contributed by atoms with Crippen molar-refractivity contribution in [3.63, 3.8) is 0 Å². The first kappa shape index (κ1) is 21.4. The van der Waals surface area contributed by atoms with Crippen molar-refractivity contribution < 1.29 is 5.11 Å². The number of aliphatic hydroxyl groups is 1. The van der Waals surface area contributed by atoms with Crippen molar-refractivity contribution in [1.82, 2.24) is 15.0 Å². The lowest BCUT2D eigenvalue weighted by atomic mass is 10.0. The summed E-state index contributed by atoms with van der Waals surface area (Å²) in [6, 6.07) is 5.43. The highest BCUT2D eigenvalue weighted by Crippen LogP contribution is 2.34. The van der Waals surface area contributed by atoms with E-state index in [0.29, 0.717) is 43.5 Å². The van der Waals surface area contributed by atoms with Gasteiger partial charge in [-0.15, -0.1) is 0 Å². The lowest BCUT2D eigenvalue weighted by Gasteiger charge is -2.19. The third-order valence-electron chi connectivity index (χ3n) is 3.96. The van der Waals surface area contributed by atoms with E-state index in [1.807, 2.05) is 12.1 Å². The van der Waals surface area contributed by atoms with Crippen LogP contribution in [0.1, 0.15) is 25.8 Å². The summed E-state index contributed by atoms with van der Waals surface area (Å²) in [5, 5.41) is 15.1. The van der Waals surface area contributed by atoms with Crippen LogP contribution in [0.25, 0.3) is 10.3 Å². The van der Waals surface area contributed by atoms with E-state index >= 15 is 0 Å². The predicted molar refractivity (Wildman–Crippen MR) is 120 cm³/mol. The Labute approximate surface area is 181 Å². The average molecular weight is 458 g/mol. The lowest BCUT2D eigenvalue weighted by molar-refractivity contribution is 0.259. The van der Waals surface area contributed by atoms with Crippen molar-refractivity contribution in [3.05, 3.63) is 33.8 Å². The number of nitrogen functional groups attached to an aromatic ring is 1. The molecule has 2 aromatic heterocycles. The zero-order valence-corrected chi connectivity index (χ0v) is 18.6. The van der Waals surface area contributed by atoms with Gasteiger partial charge in [0.1, 0.15) is 4.70 Å². The fourth-order valence-corrected chi connectivity index (χ4v) is 4.75. The van der Waals surface area contributed by atoms with Crippen molar-refractivity contribution in [3.8, 4) is 0 Å². The molecule has 0 bridgehead atoms. The summed E-state index contributed by atoms with van der Waals surface area (Å²) >= 11 is 15.1. The van der Waals surface area contributed by atoms with Gasteiger partial charge in [0, 0.05) is 5.75 Å². The molecule has 0 spiro atoms. The maximum absolute atomic E-state index is 9.72. The monoisotopic (exact) mass is 457 g/mol. The largest absolute Gasteiger partial charge is 0.394 e. The summed E-state index contributed by atoms with van der Waals surface area (Å²) in [6.45, 7) is 4.24. The van der Waals surface area contributed by atoms with E-state index in [9.17, 15) is 5.11 Å². The highest BCUT2D eigenvalue weighted by molar-refractivity contribution is 7.98. The van der Waals surface area contributed by atoms with E-state index in [4.69, 9.17) is 28.9 Å². The van der Waals surface area contributed by atoms with Crippen molar-refractivity contribution in [2.75, 3.05) is 17.7 Å². The Morgan fingerprint density at radius 2 is 2.04 bits per heavy atom. The summed E-state index contributed by atoms with van der Waals surface area (Å²) in [6.07, 6.45) is 0.816. The fraction of sp³-hybridized carbons (Fsp3) is 0.389. The molecule has 4 N–H and O–H groups in total. The summed E-state index contributed by atoms with van der Waals surface area (Å²) in [7, 11) is 0. The smallest absolute Gasteiger partial charge is 0.191 e. The van der Waals surface area contributed by atoms with Crippen molar-refractivity contribution >= 4 is 67.6 Å². The van der Waals surface area contributed by atoms with Crippen LogP contribution in [-0.2, 0) is 5.75 Å². The maximum Gasteiger partial charge on any atom is 0.191 e. The molecule has 0 radical (unpaired) electrons. The van der Waals surface area contributed by atoms with Gasteiger partial charge in [-0.3, -0.25) is 0 Å². The first-order valence-corrected chi connectivity index (χ1v) is 11.3. The van der Waals surface area contributed by atoms with Crippen LogP contribution >= 0.6 is 46.3 Å². The molecule has 28 heavy (non-hydrogen) atoms. The van der Waals surface area contributed by atoms with Crippen molar-refractivity contribution in [2.45, 2.75) is 37.2 Å². The molecule has 1 aromatic carbocycles. The number of aromatic nitrogens is 3. The lowest BCUT2D eigenvalue weighted by Crippen LogP contribution is -2.26. The number of aliphatic hydroxyl groups excluding tert-OH is 1. The molecule has 10 heteroatoms. The van der Waals surface area contributed by atoms with Crippen LogP contribution in [0, 0.1) is 5.92 Å². The third kappa shape index (κ3) is 5.18. The number of fused-ring (bicyclic) bond motifs is 1. The molecule has 150 valence electrons. The highest BCUT2D eigenvalue weighted by atomic mass is 35.5. The van der Waals surface area contributed by atoms with E-state index in [-0.39, 0.29) is 12.6 Å². The molecule has 0 aliphatic heterocycles. The Morgan fingerprint density at radius 3 is 2.75 bits per heavy atom. The topological polar surface area (TPSA) is 97.0 Å². The Morgan fingerprint density at radius 1 is 1.25 bits per heavy atom. The number of thiazole rings is 1. The molecule has 0 saturated carbocycles. The van der Waals surface area contributed by atoms with Gasteiger partial charge >= 0.3 is 0 Å². The van der Waals surface area contributed by atoms with Crippen LogP contribution in [-0.4, -0.2) is 32.7 Å². The van der Waals surface area contributed by atoms with Gasteiger partial charge in [0.15, 0.2) is 21.8 Å². The first-order valence-electron chi connectivity index (χ1n) is 8.74. The summed E-state index contributed by atoms with van der Waals surface area (Å²) in [5.41, 5.74) is 7.33. The molecular formula is C18H21Cl2N5OS2. The van der Waals surface area contributed by atoms with Crippen LogP contribution in [0.5, 0.6) is 0 Å². The second-order valence-corrected chi connectivity index (χ2v) is 9.47. The van der Waals surface area contributed by atoms with Crippen LogP contribution in [0.15, 0.2) is 23.4 Å². The number of halogens is 2. The van der Waals surface area contributed by atoms with E-state index in [2.05, 4.69) is 34.1 Å². The Kier molecular flexibility index (Phi) is 7.22. The number of nitrogens with two attached hydrogens (primary N) is 1. The predicted octanol–water partition coefficient (Wildman–Crippen LogP) is 5.09. The third-order valence-corrected chi connectivity index (χ3v) is 6.59. The standard InChI is InChI=1S/C18H21Cl2N5OS2/c1-9(2)6-11(7-26)22-15-14-16(23-17(21)28-14)25-18(24-15)27-8-10-4-3-5-12(19)13(10)20/h3-5,9,11,26H,6-8H2,1-2H3,(H3,21,22,23,24,25)/t11-/m1/s1. The van der Waals surface area contributed by atoms with Gasteiger partial charge in [0.05, 0.1) is 22.7 Å². The number of nitrogens with one attached hydrogen (secondary N) is 1. The molecule has 0 aliphatic carbocycles. The van der Waals surface area contributed by atoms with Crippen LogP contribution in [0.2, 0.25) is 10.0 Å². The van der Waals surface area contributed by atoms with Gasteiger partial charge in [-0.25, -0.2) is 15.0 Å². The summed E-state index contributed by atoms with van der Waals surface area (Å²) in [5.74, 6) is 1.64. The van der Waals surface area contributed by atoms with Crippen LogP contribution < -0.4 is 11.1 Å². The Hall–Kier alpha value is -1.32. The summed E-state index contributed by atoms with van der Waals surface area (Å²) < 4.78 is 0.782. The van der Waals surface area contributed by atoms with Gasteiger partial charge in [-0.05, 0) is 24.0 Å². The number of benzene rings is 1. The van der Waals surface area contributed by atoms with Crippen LogP contribution in [0.4, 0.5) is 10.9 Å². The van der Waals surface area contributed by atoms with E-state index < -0.39 is 0 Å². The van der Waals surface area contributed by atoms with Gasteiger partial charge in [0.25, 0.3) is 0 Å². The van der Waals surface area contributed by atoms with Gasteiger partial charge in [0.2, 0.25) is 0 Å². The van der Waals surface area contributed by atoms with Crippen LogP contribution in [0.3, 0.4) is 0 Å². The first-order chi connectivity index (χ1) is 13.4. The van der Waals surface area contributed by atoms with E-state index in [1.165, 1.54) is 23.1 Å².